The highest BCUT2D eigenvalue weighted by molar-refractivity contribution is 5.27. The van der Waals surface area contributed by atoms with Crippen molar-refractivity contribution in [1.29, 1.82) is 0 Å². The van der Waals surface area contributed by atoms with Gasteiger partial charge in [0, 0.05) is 32.0 Å². The highest BCUT2D eigenvalue weighted by Crippen LogP contribution is 2.36. The van der Waals surface area contributed by atoms with Crippen molar-refractivity contribution in [3.8, 4) is 5.75 Å². The number of likely N-dealkylation sites (tertiary alicyclic amines) is 1. The smallest absolute Gasteiger partial charge is 0.406 e. The molecule has 1 atom stereocenters. The van der Waals surface area contributed by atoms with Gasteiger partial charge in [0.25, 0.3) is 5.92 Å². The van der Waals surface area contributed by atoms with Crippen molar-refractivity contribution in [2.75, 3.05) is 13.1 Å². The Morgan fingerprint density at radius 2 is 1.64 bits per heavy atom. The molecule has 0 radical (unpaired) electrons. The van der Waals surface area contributed by atoms with E-state index in [1.54, 1.807) is 0 Å². The summed E-state index contributed by atoms with van der Waals surface area (Å²) in [5.41, 5.74) is 1.80. The molecule has 0 bridgehead atoms. The zero-order valence-electron chi connectivity index (χ0n) is 15.3. The number of hydrogen-bond donors (Lipinski definition) is 0. The van der Waals surface area contributed by atoms with E-state index in [2.05, 4.69) is 4.74 Å². The Labute approximate surface area is 160 Å². The fourth-order valence-electron chi connectivity index (χ4n) is 3.53. The molecule has 0 saturated carbocycles. The Kier molecular flexibility index (Phi) is 6.23. The summed E-state index contributed by atoms with van der Waals surface area (Å²) in [6, 6.07) is 15.1. The van der Waals surface area contributed by atoms with Gasteiger partial charge in [-0.05, 0) is 36.1 Å². The molecule has 0 spiro atoms. The second-order valence-electron chi connectivity index (χ2n) is 7.16. The summed E-state index contributed by atoms with van der Waals surface area (Å²) in [5, 5.41) is 0. The largest absolute Gasteiger partial charge is 0.573 e. The first-order valence-corrected chi connectivity index (χ1v) is 9.20. The van der Waals surface area contributed by atoms with Crippen LogP contribution in [0.15, 0.2) is 54.6 Å². The molecule has 1 aliphatic rings. The van der Waals surface area contributed by atoms with Crippen LogP contribution in [0.1, 0.15) is 24.0 Å². The van der Waals surface area contributed by atoms with Crippen molar-refractivity contribution in [1.82, 2.24) is 4.90 Å². The highest BCUT2D eigenvalue weighted by atomic mass is 19.4. The lowest BCUT2D eigenvalue weighted by molar-refractivity contribution is -0.274. The SMILES string of the molecule is FC(F)(F)Oc1ccc(CN2CCC(F)(F)C(CCc3ccccc3)C2)cc1. The van der Waals surface area contributed by atoms with Gasteiger partial charge in [-0.3, -0.25) is 4.90 Å². The minimum atomic E-state index is -4.73. The van der Waals surface area contributed by atoms with Crippen molar-refractivity contribution in [3.05, 3.63) is 65.7 Å². The first kappa shape index (κ1) is 20.6. The molecule has 2 nitrogen and oxygen atoms in total. The van der Waals surface area contributed by atoms with Crippen LogP contribution in [0.25, 0.3) is 0 Å². The third-order valence-electron chi connectivity index (χ3n) is 5.02. The fraction of sp³-hybridized carbons (Fsp3) is 0.429. The molecule has 1 aliphatic heterocycles. The molecule has 2 aromatic rings. The Morgan fingerprint density at radius 1 is 0.964 bits per heavy atom. The minimum Gasteiger partial charge on any atom is -0.406 e. The van der Waals surface area contributed by atoms with E-state index in [1.807, 2.05) is 35.2 Å². The number of nitrogens with zero attached hydrogens (tertiary/aromatic N) is 1. The summed E-state index contributed by atoms with van der Waals surface area (Å²) in [5.74, 6) is -3.73. The van der Waals surface area contributed by atoms with E-state index >= 15 is 0 Å². The second-order valence-corrected chi connectivity index (χ2v) is 7.16. The average Bonchev–Trinajstić information content (AvgIpc) is 2.63. The van der Waals surface area contributed by atoms with Crippen LogP contribution in [-0.2, 0) is 13.0 Å². The van der Waals surface area contributed by atoms with Gasteiger partial charge in [0.2, 0.25) is 0 Å². The van der Waals surface area contributed by atoms with Gasteiger partial charge in [0.05, 0.1) is 0 Å². The summed E-state index contributed by atoms with van der Waals surface area (Å²) in [6.45, 7) is 0.945. The van der Waals surface area contributed by atoms with Crippen molar-refractivity contribution < 1.29 is 26.7 Å². The van der Waals surface area contributed by atoms with Crippen LogP contribution < -0.4 is 4.74 Å². The lowest BCUT2D eigenvalue weighted by atomic mass is 9.88. The summed E-state index contributed by atoms with van der Waals surface area (Å²) in [7, 11) is 0. The van der Waals surface area contributed by atoms with Crippen molar-refractivity contribution in [3.63, 3.8) is 0 Å². The molecule has 0 aromatic heterocycles. The standard InChI is InChI=1S/C21H22F5NO/c22-20(23)12-13-27(15-18(20)9-6-16-4-2-1-3-5-16)14-17-7-10-19(11-8-17)28-21(24,25)26/h1-5,7-8,10-11,18H,6,9,12-15H2. The number of alkyl halides is 5. The van der Waals surface area contributed by atoms with Gasteiger partial charge in [-0.15, -0.1) is 13.2 Å². The first-order chi connectivity index (χ1) is 13.2. The number of aryl methyl sites for hydroxylation is 1. The van der Waals surface area contributed by atoms with E-state index in [1.165, 1.54) is 24.3 Å². The summed E-state index contributed by atoms with van der Waals surface area (Å²) in [4.78, 5) is 1.94. The number of piperidine rings is 1. The van der Waals surface area contributed by atoms with E-state index in [-0.39, 0.29) is 25.3 Å². The first-order valence-electron chi connectivity index (χ1n) is 9.20. The van der Waals surface area contributed by atoms with Gasteiger partial charge in [-0.2, -0.15) is 0 Å². The lowest BCUT2D eigenvalue weighted by Crippen LogP contribution is -2.46. The monoisotopic (exact) mass is 399 g/mol. The predicted octanol–water partition coefficient (Wildman–Crippen LogP) is 5.68. The van der Waals surface area contributed by atoms with Gasteiger partial charge in [0.15, 0.2) is 0 Å². The third-order valence-corrected chi connectivity index (χ3v) is 5.02. The molecule has 2 aromatic carbocycles. The van der Waals surface area contributed by atoms with Crippen LogP contribution in [0.2, 0.25) is 0 Å². The van der Waals surface area contributed by atoms with Gasteiger partial charge in [-0.25, -0.2) is 8.78 Å². The summed E-state index contributed by atoms with van der Waals surface area (Å²) < 4.78 is 69.2. The maximum absolute atomic E-state index is 14.3. The van der Waals surface area contributed by atoms with E-state index in [9.17, 15) is 22.0 Å². The number of halogens is 5. The van der Waals surface area contributed by atoms with Crippen LogP contribution in [0, 0.1) is 5.92 Å². The zero-order valence-corrected chi connectivity index (χ0v) is 15.3. The van der Waals surface area contributed by atoms with Crippen LogP contribution in [0.3, 0.4) is 0 Å². The lowest BCUT2D eigenvalue weighted by Gasteiger charge is -2.38. The maximum atomic E-state index is 14.3. The fourth-order valence-corrected chi connectivity index (χ4v) is 3.53. The van der Waals surface area contributed by atoms with Gasteiger partial charge in [-0.1, -0.05) is 42.5 Å². The number of ether oxygens (including phenoxy) is 1. The zero-order chi connectivity index (χ0) is 20.2. The minimum absolute atomic E-state index is 0.207. The van der Waals surface area contributed by atoms with E-state index in [0.29, 0.717) is 19.4 Å². The van der Waals surface area contributed by atoms with Crippen molar-refractivity contribution in [2.24, 2.45) is 5.92 Å². The molecular formula is C21H22F5NO. The molecule has 7 heteroatoms. The highest BCUT2D eigenvalue weighted by Gasteiger charge is 2.43. The molecule has 0 aliphatic carbocycles. The molecule has 0 amide bonds. The van der Waals surface area contributed by atoms with E-state index in [0.717, 1.165) is 11.1 Å². The van der Waals surface area contributed by atoms with Crippen molar-refractivity contribution >= 4 is 0 Å². The molecule has 1 saturated heterocycles. The van der Waals surface area contributed by atoms with Crippen LogP contribution in [-0.4, -0.2) is 30.3 Å². The topological polar surface area (TPSA) is 12.5 Å². The van der Waals surface area contributed by atoms with Crippen molar-refractivity contribution in [2.45, 2.75) is 38.1 Å². The van der Waals surface area contributed by atoms with Gasteiger partial charge < -0.3 is 4.74 Å². The summed E-state index contributed by atoms with van der Waals surface area (Å²) >= 11 is 0. The Bertz CT molecular complexity index is 746. The predicted molar refractivity (Wildman–Crippen MR) is 96.2 cm³/mol. The number of hydrogen-bond acceptors (Lipinski definition) is 2. The van der Waals surface area contributed by atoms with Crippen LogP contribution in [0.4, 0.5) is 22.0 Å². The molecule has 1 fully saturated rings. The van der Waals surface area contributed by atoms with Gasteiger partial charge in [0.1, 0.15) is 5.75 Å². The molecule has 3 rings (SSSR count). The normalized spacial score (nSPS) is 20.1. The van der Waals surface area contributed by atoms with Gasteiger partial charge >= 0.3 is 6.36 Å². The molecule has 1 unspecified atom stereocenters. The Morgan fingerprint density at radius 3 is 2.29 bits per heavy atom. The average molecular weight is 399 g/mol. The van der Waals surface area contributed by atoms with Crippen LogP contribution in [0.5, 0.6) is 5.75 Å². The summed E-state index contributed by atoms with van der Waals surface area (Å²) in [6.07, 6.45) is -3.95. The number of rotatable bonds is 6. The second kappa shape index (κ2) is 8.47. The van der Waals surface area contributed by atoms with E-state index < -0.39 is 18.2 Å². The molecule has 1 heterocycles. The van der Waals surface area contributed by atoms with Crippen LogP contribution >= 0.6 is 0 Å². The molecular weight excluding hydrogens is 377 g/mol. The maximum Gasteiger partial charge on any atom is 0.573 e. The quantitative estimate of drug-likeness (QED) is 0.580. The molecule has 28 heavy (non-hydrogen) atoms. The Hall–Kier alpha value is -2.15. The third kappa shape index (κ3) is 5.92. The van der Waals surface area contributed by atoms with E-state index in [4.69, 9.17) is 0 Å². The molecule has 152 valence electrons. The number of benzene rings is 2. The molecule has 0 N–H and O–H groups in total. The Balaban J connectivity index is 1.57.